The van der Waals surface area contributed by atoms with Crippen LogP contribution in [0.5, 0.6) is 5.75 Å². The summed E-state index contributed by atoms with van der Waals surface area (Å²) in [5, 5.41) is 9.76. The van der Waals surface area contributed by atoms with Crippen molar-refractivity contribution in [1.82, 2.24) is 0 Å². The quantitative estimate of drug-likeness (QED) is 0.895. The number of hydrogen-bond acceptors (Lipinski definition) is 2. The molecule has 2 nitrogen and oxygen atoms in total. The Labute approximate surface area is 98.4 Å². The van der Waals surface area contributed by atoms with Gasteiger partial charge in [0.2, 0.25) is 0 Å². The lowest BCUT2D eigenvalue weighted by atomic mass is 9.95. The Morgan fingerprint density at radius 1 is 1.27 bits per heavy atom. The lowest BCUT2D eigenvalue weighted by Crippen LogP contribution is -2.34. The number of aliphatic hydroxyl groups excluding tert-OH is 1. The number of benzene rings is 1. The van der Waals surface area contributed by atoms with E-state index in [0.717, 1.165) is 35.9 Å². The Balaban J connectivity index is 2.01. The lowest BCUT2D eigenvalue weighted by molar-refractivity contribution is 0.00685. The molecule has 1 aliphatic rings. The second kappa shape index (κ2) is 4.99. The fourth-order valence-electron chi connectivity index (χ4n) is 1.93. The third-order valence-corrected chi connectivity index (χ3v) is 3.24. The highest BCUT2D eigenvalue weighted by Gasteiger charge is 2.24. The zero-order valence-electron chi connectivity index (χ0n) is 8.53. The smallest absolute Gasteiger partial charge is 0.124 e. The fraction of sp³-hybridized carbons (Fsp3) is 0.500. The number of ether oxygens (including phenoxy) is 1. The molecule has 0 aliphatic heterocycles. The molecule has 1 fully saturated rings. The van der Waals surface area contributed by atoms with E-state index in [2.05, 4.69) is 15.9 Å². The maximum Gasteiger partial charge on any atom is 0.124 e. The van der Waals surface area contributed by atoms with E-state index in [-0.39, 0.29) is 12.2 Å². The van der Waals surface area contributed by atoms with E-state index in [1.165, 1.54) is 0 Å². The minimum atomic E-state index is -0.308. The summed E-state index contributed by atoms with van der Waals surface area (Å²) in [5.41, 5.74) is 0. The maximum absolute atomic E-state index is 9.76. The second-order valence-corrected chi connectivity index (χ2v) is 4.88. The van der Waals surface area contributed by atoms with Crippen LogP contribution in [0.2, 0.25) is 0 Å². The standard InChI is InChI=1S/C12H15BrO2/c13-9-4-3-5-10(8-9)15-12-7-2-1-6-11(12)14/h3-5,8,11-12,14H,1-2,6-7H2. The molecular weight excluding hydrogens is 256 g/mol. The molecule has 2 unspecified atom stereocenters. The first kappa shape index (κ1) is 11.0. The van der Waals surface area contributed by atoms with Gasteiger partial charge in [0.25, 0.3) is 0 Å². The van der Waals surface area contributed by atoms with E-state index >= 15 is 0 Å². The molecule has 0 heterocycles. The third kappa shape index (κ3) is 2.95. The molecule has 15 heavy (non-hydrogen) atoms. The van der Waals surface area contributed by atoms with Crippen molar-refractivity contribution >= 4 is 15.9 Å². The summed E-state index contributed by atoms with van der Waals surface area (Å²) in [5.74, 6) is 0.829. The van der Waals surface area contributed by atoms with Crippen LogP contribution in [0.4, 0.5) is 0 Å². The van der Waals surface area contributed by atoms with Gasteiger partial charge in [-0.05, 0) is 37.5 Å². The van der Waals surface area contributed by atoms with Gasteiger partial charge in [-0.1, -0.05) is 28.4 Å². The Kier molecular flexibility index (Phi) is 3.65. The highest BCUT2D eigenvalue weighted by atomic mass is 79.9. The van der Waals surface area contributed by atoms with Gasteiger partial charge in [-0.3, -0.25) is 0 Å². The average Bonchev–Trinajstić information content (AvgIpc) is 2.22. The monoisotopic (exact) mass is 270 g/mol. The summed E-state index contributed by atoms with van der Waals surface area (Å²) in [4.78, 5) is 0. The summed E-state index contributed by atoms with van der Waals surface area (Å²) in [6, 6.07) is 7.76. The van der Waals surface area contributed by atoms with Crippen LogP contribution in [-0.2, 0) is 0 Å². The summed E-state index contributed by atoms with van der Waals surface area (Å²) < 4.78 is 6.77. The summed E-state index contributed by atoms with van der Waals surface area (Å²) in [7, 11) is 0. The minimum absolute atomic E-state index is 0.0342. The summed E-state index contributed by atoms with van der Waals surface area (Å²) in [6.45, 7) is 0. The molecule has 0 saturated heterocycles. The largest absolute Gasteiger partial charge is 0.488 e. The van der Waals surface area contributed by atoms with Gasteiger partial charge in [-0.25, -0.2) is 0 Å². The second-order valence-electron chi connectivity index (χ2n) is 3.97. The molecule has 0 amide bonds. The topological polar surface area (TPSA) is 29.5 Å². The van der Waals surface area contributed by atoms with Crippen molar-refractivity contribution < 1.29 is 9.84 Å². The predicted octanol–water partition coefficient (Wildman–Crippen LogP) is 3.13. The third-order valence-electron chi connectivity index (χ3n) is 2.75. The average molecular weight is 271 g/mol. The first-order valence-corrected chi connectivity index (χ1v) is 6.15. The molecule has 2 atom stereocenters. The van der Waals surface area contributed by atoms with Crippen molar-refractivity contribution in [1.29, 1.82) is 0 Å². The minimum Gasteiger partial charge on any atom is -0.488 e. The van der Waals surface area contributed by atoms with Crippen LogP contribution < -0.4 is 4.74 Å². The van der Waals surface area contributed by atoms with Crippen molar-refractivity contribution in [3.05, 3.63) is 28.7 Å². The maximum atomic E-state index is 9.76. The SMILES string of the molecule is OC1CCCCC1Oc1cccc(Br)c1. The van der Waals surface area contributed by atoms with E-state index in [1.54, 1.807) is 0 Å². The molecule has 2 rings (SSSR count). The normalized spacial score (nSPS) is 26.3. The van der Waals surface area contributed by atoms with Crippen molar-refractivity contribution in [2.45, 2.75) is 37.9 Å². The predicted molar refractivity (Wildman–Crippen MR) is 63.0 cm³/mol. The van der Waals surface area contributed by atoms with Crippen LogP contribution in [0.25, 0.3) is 0 Å². The van der Waals surface area contributed by atoms with Gasteiger partial charge in [0, 0.05) is 4.47 Å². The molecule has 0 aromatic heterocycles. The molecule has 0 spiro atoms. The van der Waals surface area contributed by atoms with Crippen molar-refractivity contribution in [3.8, 4) is 5.75 Å². The van der Waals surface area contributed by atoms with Crippen LogP contribution >= 0.6 is 15.9 Å². The number of rotatable bonds is 2. The Hall–Kier alpha value is -0.540. The highest BCUT2D eigenvalue weighted by Crippen LogP contribution is 2.25. The van der Waals surface area contributed by atoms with E-state index in [0.29, 0.717) is 0 Å². The molecular formula is C12H15BrO2. The zero-order valence-corrected chi connectivity index (χ0v) is 10.1. The molecule has 1 aromatic rings. The van der Waals surface area contributed by atoms with Gasteiger partial charge in [-0.15, -0.1) is 0 Å². The van der Waals surface area contributed by atoms with Gasteiger partial charge in [0.15, 0.2) is 0 Å². The number of halogens is 1. The van der Waals surface area contributed by atoms with Crippen molar-refractivity contribution in [2.75, 3.05) is 0 Å². The van der Waals surface area contributed by atoms with E-state index in [9.17, 15) is 5.11 Å². The summed E-state index contributed by atoms with van der Waals surface area (Å²) >= 11 is 3.40. The molecule has 1 saturated carbocycles. The van der Waals surface area contributed by atoms with E-state index < -0.39 is 0 Å². The Bertz CT molecular complexity index is 327. The van der Waals surface area contributed by atoms with Gasteiger partial charge >= 0.3 is 0 Å². The van der Waals surface area contributed by atoms with Crippen LogP contribution in [0.1, 0.15) is 25.7 Å². The Morgan fingerprint density at radius 3 is 2.80 bits per heavy atom. The van der Waals surface area contributed by atoms with E-state index in [1.807, 2.05) is 24.3 Å². The number of aliphatic hydroxyl groups is 1. The molecule has 1 aromatic carbocycles. The molecule has 1 aliphatic carbocycles. The fourth-order valence-corrected chi connectivity index (χ4v) is 2.31. The van der Waals surface area contributed by atoms with Gasteiger partial charge < -0.3 is 9.84 Å². The molecule has 3 heteroatoms. The Morgan fingerprint density at radius 2 is 2.07 bits per heavy atom. The molecule has 0 radical (unpaired) electrons. The number of hydrogen-bond donors (Lipinski definition) is 1. The first-order chi connectivity index (χ1) is 7.25. The summed E-state index contributed by atoms with van der Waals surface area (Å²) in [6.07, 6.45) is 3.73. The molecule has 0 bridgehead atoms. The van der Waals surface area contributed by atoms with Crippen molar-refractivity contribution in [2.24, 2.45) is 0 Å². The van der Waals surface area contributed by atoms with Crippen LogP contribution in [0, 0.1) is 0 Å². The lowest BCUT2D eigenvalue weighted by Gasteiger charge is -2.28. The van der Waals surface area contributed by atoms with Gasteiger partial charge in [0.05, 0.1) is 6.10 Å². The molecule has 1 N–H and O–H groups in total. The van der Waals surface area contributed by atoms with Crippen molar-refractivity contribution in [3.63, 3.8) is 0 Å². The molecule has 82 valence electrons. The first-order valence-electron chi connectivity index (χ1n) is 5.36. The zero-order chi connectivity index (χ0) is 10.7. The van der Waals surface area contributed by atoms with Crippen LogP contribution in [0.3, 0.4) is 0 Å². The van der Waals surface area contributed by atoms with E-state index in [4.69, 9.17) is 4.74 Å². The highest BCUT2D eigenvalue weighted by molar-refractivity contribution is 9.10. The van der Waals surface area contributed by atoms with Crippen LogP contribution in [-0.4, -0.2) is 17.3 Å². The van der Waals surface area contributed by atoms with Gasteiger partial charge in [-0.2, -0.15) is 0 Å². The van der Waals surface area contributed by atoms with Gasteiger partial charge in [0.1, 0.15) is 11.9 Å². The van der Waals surface area contributed by atoms with Crippen LogP contribution in [0.15, 0.2) is 28.7 Å².